The van der Waals surface area contributed by atoms with Crippen molar-refractivity contribution in [2.24, 2.45) is 0 Å². The van der Waals surface area contributed by atoms with Gasteiger partial charge in [-0.15, -0.1) is 0 Å². The number of fused-ring (bicyclic) bond motifs is 9. The molecule has 0 heterocycles. The maximum atomic E-state index is 2.54. The zero-order valence-electron chi connectivity index (χ0n) is 39.3. The summed E-state index contributed by atoms with van der Waals surface area (Å²) in [5, 5.41) is 2.49. The SMILES string of the molecule is CC1(C)c2ccccc2-c2ccc(N(c3ccc(-c4ccc5ccccc5c4)cc3)c3ccccc3C3(c4ccccc4)c4ccccc4C4(c5ccccc5)c5ccccc5-c5cccc3c54)cc21. The molecule has 1 nitrogen and oxygen atoms in total. The van der Waals surface area contributed by atoms with E-state index in [0.717, 1.165) is 17.1 Å². The largest absolute Gasteiger partial charge is 0.310 e. The van der Waals surface area contributed by atoms with Crippen molar-refractivity contribution in [3.8, 4) is 33.4 Å². The zero-order valence-corrected chi connectivity index (χ0v) is 39.3. The predicted octanol–water partition coefficient (Wildman–Crippen LogP) is 17.3. The lowest BCUT2D eigenvalue weighted by atomic mass is 9.51. The highest BCUT2D eigenvalue weighted by molar-refractivity contribution is 5.94. The van der Waals surface area contributed by atoms with Gasteiger partial charge in [-0.3, -0.25) is 0 Å². The van der Waals surface area contributed by atoms with Gasteiger partial charge in [-0.25, -0.2) is 0 Å². The fraction of sp³-hybridized carbons (Fsp3) is 0.0725. The summed E-state index contributed by atoms with van der Waals surface area (Å²) >= 11 is 0. The number of benzene rings is 11. The Morgan fingerprint density at radius 1 is 0.286 bits per heavy atom. The van der Waals surface area contributed by atoms with E-state index in [-0.39, 0.29) is 5.41 Å². The molecule has 0 aromatic heterocycles. The number of rotatable bonds is 7. The molecule has 70 heavy (non-hydrogen) atoms. The number of hydrogen-bond donors (Lipinski definition) is 0. The summed E-state index contributed by atoms with van der Waals surface area (Å²) in [6, 6.07) is 98.4. The van der Waals surface area contributed by atoms with Gasteiger partial charge in [0.15, 0.2) is 0 Å². The summed E-state index contributed by atoms with van der Waals surface area (Å²) in [5.74, 6) is 0. The second kappa shape index (κ2) is 15.2. The minimum Gasteiger partial charge on any atom is -0.310 e. The molecule has 0 saturated carbocycles. The van der Waals surface area contributed by atoms with E-state index in [1.165, 1.54) is 99.8 Å². The Morgan fingerprint density at radius 3 is 1.51 bits per heavy atom. The number of nitrogens with zero attached hydrogens (tertiary/aromatic N) is 1. The van der Waals surface area contributed by atoms with Gasteiger partial charge in [-0.1, -0.05) is 238 Å². The van der Waals surface area contributed by atoms with E-state index in [1.807, 2.05) is 0 Å². The summed E-state index contributed by atoms with van der Waals surface area (Å²) in [6.07, 6.45) is 0. The van der Waals surface area contributed by atoms with Gasteiger partial charge in [0.05, 0.1) is 16.5 Å². The van der Waals surface area contributed by atoms with Crippen LogP contribution in [0.15, 0.2) is 261 Å². The van der Waals surface area contributed by atoms with Crippen LogP contribution in [0.2, 0.25) is 0 Å². The second-order valence-electron chi connectivity index (χ2n) is 19.9. The Morgan fingerprint density at radius 2 is 0.786 bits per heavy atom. The monoisotopic (exact) mass is 891 g/mol. The van der Waals surface area contributed by atoms with Gasteiger partial charge in [0.25, 0.3) is 0 Å². The third-order valence-corrected chi connectivity index (χ3v) is 16.2. The predicted molar refractivity (Wildman–Crippen MR) is 291 cm³/mol. The minimum atomic E-state index is -0.740. The average Bonchev–Trinajstić information content (AvgIpc) is 3.86. The summed E-state index contributed by atoms with van der Waals surface area (Å²) in [4.78, 5) is 2.54. The first kappa shape index (κ1) is 40.5. The molecular weight excluding hydrogens is 843 g/mol. The molecule has 2 atom stereocenters. The summed E-state index contributed by atoms with van der Waals surface area (Å²) in [5.41, 5.74) is 22.6. The minimum absolute atomic E-state index is 0.180. The molecule has 11 aromatic carbocycles. The third kappa shape index (κ3) is 5.49. The smallest absolute Gasteiger partial charge is 0.0728 e. The van der Waals surface area contributed by atoms with Gasteiger partial charge >= 0.3 is 0 Å². The standard InChI is InChI=1S/C69H49N/c1-67(2)58-29-13-11-26-54(58)56-43-42-53(45-64(56)67)70(52-40-38-47(39-41-52)49-37-36-46-20-9-10-21-48(46)44-49)65-35-18-17-33-62(65)68(50-22-5-3-6-23-50)60-31-15-16-32-61(60)69(51-24-7-4-8-25-51)59-30-14-12-27-55(59)57-28-19-34-63(68)66(57)69/h3-45H,1-2H3. The van der Waals surface area contributed by atoms with Crippen LogP contribution in [0, 0.1) is 0 Å². The van der Waals surface area contributed by atoms with Crippen molar-refractivity contribution in [1.82, 2.24) is 0 Å². The van der Waals surface area contributed by atoms with Crippen LogP contribution in [0.3, 0.4) is 0 Å². The Balaban J connectivity index is 1.07. The van der Waals surface area contributed by atoms with Crippen molar-refractivity contribution in [2.75, 3.05) is 4.90 Å². The van der Waals surface area contributed by atoms with Crippen molar-refractivity contribution < 1.29 is 0 Å². The van der Waals surface area contributed by atoms with Gasteiger partial charge < -0.3 is 4.90 Å². The molecule has 0 spiro atoms. The first-order valence-electron chi connectivity index (χ1n) is 24.7. The molecule has 0 radical (unpaired) electrons. The molecule has 0 fully saturated rings. The molecule has 0 N–H and O–H groups in total. The van der Waals surface area contributed by atoms with Gasteiger partial charge in [0, 0.05) is 16.8 Å². The van der Waals surface area contributed by atoms with Crippen molar-refractivity contribution in [3.63, 3.8) is 0 Å². The Kier molecular flexibility index (Phi) is 8.83. The molecule has 2 unspecified atom stereocenters. The van der Waals surface area contributed by atoms with E-state index in [1.54, 1.807) is 0 Å². The molecule has 0 saturated heterocycles. The normalized spacial score (nSPS) is 17.5. The molecule has 0 aliphatic heterocycles. The highest BCUT2D eigenvalue weighted by Gasteiger charge is 2.58. The molecule has 11 aromatic rings. The summed E-state index contributed by atoms with van der Waals surface area (Å²) < 4.78 is 0. The summed E-state index contributed by atoms with van der Waals surface area (Å²) in [6.45, 7) is 4.77. The third-order valence-electron chi connectivity index (χ3n) is 16.2. The fourth-order valence-electron chi connectivity index (χ4n) is 13.2. The fourth-order valence-corrected chi connectivity index (χ4v) is 13.2. The quantitative estimate of drug-likeness (QED) is 0.154. The van der Waals surface area contributed by atoms with E-state index in [2.05, 4.69) is 280 Å². The van der Waals surface area contributed by atoms with Gasteiger partial charge in [-0.05, 0) is 136 Å². The maximum absolute atomic E-state index is 2.54. The number of para-hydroxylation sites is 1. The van der Waals surface area contributed by atoms with Crippen LogP contribution in [0.5, 0.6) is 0 Å². The molecule has 14 rings (SSSR count). The topological polar surface area (TPSA) is 3.24 Å². The maximum Gasteiger partial charge on any atom is 0.0728 e. The lowest BCUT2D eigenvalue weighted by Gasteiger charge is -2.50. The molecule has 3 aliphatic rings. The highest BCUT2D eigenvalue weighted by Crippen LogP contribution is 2.67. The van der Waals surface area contributed by atoms with Crippen LogP contribution >= 0.6 is 0 Å². The van der Waals surface area contributed by atoms with Gasteiger partial charge in [-0.2, -0.15) is 0 Å². The van der Waals surface area contributed by atoms with E-state index >= 15 is 0 Å². The van der Waals surface area contributed by atoms with E-state index in [9.17, 15) is 0 Å². The molecule has 1 heteroatoms. The molecule has 0 amide bonds. The van der Waals surface area contributed by atoms with Crippen molar-refractivity contribution in [3.05, 3.63) is 316 Å². The van der Waals surface area contributed by atoms with Crippen LogP contribution in [-0.2, 0) is 16.2 Å². The van der Waals surface area contributed by atoms with Crippen molar-refractivity contribution in [2.45, 2.75) is 30.1 Å². The summed E-state index contributed by atoms with van der Waals surface area (Å²) in [7, 11) is 0. The van der Waals surface area contributed by atoms with E-state index < -0.39 is 10.8 Å². The van der Waals surface area contributed by atoms with Crippen LogP contribution < -0.4 is 4.90 Å². The Bertz CT molecular complexity index is 3860. The van der Waals surface area contributed by atoms with E-state index in [0.29, 0.717) is 0 Å². The van der Waals surface area contributed by atoms with Crippen LogP contribution in [0.1, 0.15) is 69.5 Å². The van der Waals surface area contributed by atoms with Crippen LogP contribution in [0.4, 0.5) is 17.1 Å². The Labute approximate surface area is 410 Å². The molecule has 3 aliphatic carbocycles. The lowest BCUT2D eigenvalue weighted by Crippen LogP contribution is -2.44. The van der Waals surface area contributed by atoms with Gasteiger partial charge in [0.2, 0.25) is 0 Å². The molecular formula is C69H49N. The van der Waals surface area contributed by atoms with Crippen LogP contribution in [0.25, 0.3) is 44.2 Å². The van der Waals surface area contributed by atoms with Crippen molar-refractivity contribution in [1.29, 1.82) is 0 Å². The van der Waals surface area contributed by atoms with Crippen LogP contribution in [-0.4, -0.2) is 0 Å². The van der Waals surface area contributed by atoms with Gasteiger partial charge in [0.1, 0.15) is 0 Å². The molecule has 330 valence electrons. The average molecular weight is 892 g/mol. The first-order valence-corrected chi connectivity index (χ1v) is 24.7. The lowest BCUT2D eigenvalue weighted by molar-refractivity contribution is 0.627. The zero-order chi connectivity index (χ0) is 46.6. The van der Waals surface area contributed by atoms with Crippen molar-refractivity contribution >= 4 is 27.8 Å². The Hall–Kier alpha value is -8.52. The second-order valence-corrected chi connectivity index (χ2v) is 19.9. The number of anilines is 3. The number of hydrogen-bond acceptors (Lipinski definition) is 1. The molecule has 0 bridgehead atoms. The highest BCUT2D eigenvalue weighted by atomic mass is 15.1. The first-order chi connectivity index (χ1) is 34.5. The van der Waals surface area contributed by atoms with E-state index in [4.69, 9.17) is 0 Å².